The molecule has 3 aromatic carbocycles. The normalized spacial score (nSPS) is 13.4. The Morgan fingerprint density at radius 2 is 1.79 bits per heavy atom. The zero-order chi connectivity index (χ0) is 19.1. The van der Waals surface area contributed by atoms with E-state index in [0.29, 0.717) is 17.1 Å². The van der Waals surface area contributed by atoms with Crippen LogP contribution in [0.4, 0.5) is 11.4 Å². The zero-order valence-electron chi connectivity index (χ0n) is 14.8. The maximum absolute atomic E-state index is 12.7. The van der Waals surface area contributed by atoms with E-state index in [1.807, 2.05) is 48.5 Å². The van der Waals surface area contributed by atoms with Crippen molar-refractivity contribution in [3.8, 4) is 5.75 Å². The van der Waals surface area contributed by atoms with Crippen molar-refractivity contribution in [1.29, 1.82) is 0 Å². The predicted octanol–water partition coefficient (Wildman–Crippen LogP) is 3.95. The van der Waals surface area contributed by atoms with E-state index in [9.17, 15) is 9.59 Å². The number of carbonyl (C=O) groups excluding carboxylic acids is 2. The molecule has 1 aliphatic heterocycles. The third-order valence-corrected chi connectivity index (χ3v) is 4.78. The van der Waals surface area contributed by atoms with Gasteiger partial charge in [0, 0.05) is 10.8 Å². The Hall–Kier alpha value is -3.80. The van der Waals surface area contributed by atoms with E-state index in [2.05, 4.69) is 5.32 Å². The summed E-state index contributed by atoms with van der Waals surface area (Å²) in [4.78, 5) is 26.1. The number of ether oxygens (including phenoxy) is 1. The molecule has 0 fully saturated rings. The minimum atomic E-state index is -0.278. The molecule has 0 bridgehead atoms. The molecule has 5 rings (SSSR count). The zero-order valence-corrected chi connectivity index (χ0v) is 14.8. The first-order valence-electron chi connectivity index (χ1n) is 8.92. The average Bonchev–Trinajstić information content (AvgIpc) is 3.09. The molecule has 6 nitrogen and oxygen atoms in total. The van der Waals surface area contributed by atoms with Crippen LogP contribution in [0.5, 0.6) is 5.75 Å². The summed E-state index contributed by atoms with van der Waals surface area (Å²) < 4.78 is 11.5. The van der Waals surface area contributed by atoms with Crippen LogP contribution >= 0.6 is 0 Å². The molecule has 0 atom stereocenters. The summed E-state index contributed by atoms with van der Waals surface area (Å²) in [6.07, 6.45) is 0. The number of benzene rings is 3. The molecule has 1 aromatic heterocycles. The number of rotatable bonds is 3. The van der Waals surface area contributed by atoms with E-state index in [1.54, 1.807) is 18.2 Å². The molecule has 1 N–H and O–H groups in total. The van der Waals surface area contributed by atoms with E-state index in [-0.39, 0.29) is 25.0 Å². The van der Waals surface area contributed by atoms with Crippen LogP contribution in [0, 0.1) is 0 Å². The fourth-order valence-electron chi connectivity index (χ4n) is 3.47. The Morgan fingerprint density at radius 3 is 2.71 bits per heavy atom. The monoisotopic (exact) mass is 372 g/mol. The van der Waals surface area contributed by atoms with Gasteiger partial charge in [0.25, 0.3) is 5.91 Å². The molecule has 2 heterocycles. The van der Waals surface area contributed by atoms with Crippen LogP contribution in [0.25, 0.3) is 21.9 Å². The van der Waals surface area contributed by atoms with E-state index < -0.39 is 0 Å². The van der Waals surface area contributed by atoms with Crippen LogP contribution in [0.2, 0.25) is 0 Å². The molecule has 0 saturated carbocycles. The summed E-state index contributed by atoms with van der Waals surface area (Å²) in [5, 5.41) is 4.70. The highest BCUT2D eigenvalue weighted by molar-refractivity contribution is 6.10. The van der Waals surface area contributed by atoms with E-state index >= 15 is 0 Å². The lowest BCUT2D eigenvalue weighted by atomic mass is 10.1. The lowest BCUT2D eigenvalue weighted by Gasteiger charge is -2.29. The van der Waals surface area contributed by atoms with Crippen molar-refractivity contribution in [3.63, 3.8) is 0 Å². The third kappa shape index (κ3) is 2.75. The van der Waals surface area contributed by atoms with Crippen molar-refractivity contribution in [2.45, 2.75) is 0 Å². The maximum atomic E-state index is 12.7. The van der Waals surface area contributed by atoms with Gasteiger partial charge < -0.3 is 14.5 Å². The van der Waals surface area contributed by atoms with Gasteiger partial charge in [-0.2, -0.15) is 0 Å². The molecule has 6 heteroatoms. The van der Waals surface area contributed by atoms with Crippen molar-refractivity contribution in [2.75, 3.05) is 23.4 Å². The van der Waals surface area contributed by atoms with Gasteiger partial charge in [-0.25, -0.2) is 0 Å². The number of furan rings is 1. The maximum Gasteiger partial charge on any atom is 0.265 e. The van der Waals surface area contributed by atoms with Gasteiger partial charge in [-0.15, -0.1) is 0 Å². The Morgan fingerprint density at radius 1 is 1.00 bits per heavy atom. The molecule has 28 heavy (non-hydrogen) atoms. The average molecular weight is 372 g/mol. The first kappa shape index (κ1) is 16.4. The number of fused-ring (bicyclic) bond motifs is 4. The van der Waals surface area contributed by atoms with Crippen LogP contribution in [-0.2, 0) is 9.59 Å². The van der Waals surface area contributed by atoms with Crippen molar-refractivity contribution in [1.82, 2.24) is 0 Å². The molecular formula is C22H16N2O4. The smallest absolute Gasteiger partial charge is 0.265 e. The molecule has 0 saturated heterocycles. The fourth-order valence-corrected chi connectivity index (χ4v) is 3.47. The molecule has 0 radical (unpaired) electrons. The number of para-hydroxylation sites is 3. The molecular weight excluding hydrogens is 356 g/mol. The van der Waals surface area contributed by atoms with Crippen molar-refractivity contribution in [2.24, 2.45) is 0 Å². The van der Waals surface area contributed by atoms with E-state index in [0.717, 1.165) is 21.9 Å². The van der Waals surface area contributed by atoms with Gasteiger partial charge in [0.05, 0.1) is 11.4 Å². The van der Waals surface area contributed by atoms with Crippen LogP contribution in [0.15, 0.2) is 71.1 Å². The summed E-state index contributed by atoms with van der Waals surface area (Å²) in [6.45, 7) is -0.187. The van der Waals surface area contributed by atoms with Crippen LogP contribution < -0.4 is 15.0 Å². The highest BCUT2D eigenvalue weighted by Gasteiger charge is 2.26. The topological polar surface area (TPSA) is 71.8 Å². The van der Waals surface area contributed by atoms with Crippen molar-refractivity contribution < 1.29 is 18.7 Å². The molecule has 0 spiro atoms. The standard InChI is InChI=1S/C22H16N2O4/c25-21-12-24(18-7-3-2-6-17(18)23-21)22(26)13-27-14-9-10-20-16(11-14)15-5-1-4-8-19(15)28-20/h1-11H,12-13H2,(H,23,25). The largest absolute Gasteiger partial charge is 0.484 e. The van der Waals surface area contributed by atoms with Gasteiger partial charge in [0.2, 0.25) is 5.91 Å². The SMILES string of the molecule is O=C1CN(C(=O)COc2ccc3oc4ccccc4c3c2)c2ccccc2N1. The second-order valence-corrected chi connectivity index (χ2v) is 6.59. The van der Waals surface area contributed by atoms with Crippen molar-refractivity contribution >= 4 is 45.1 Å². The molecule has 2 amide bonds. The van der Waals surface area contributed by atoms with Crippen molar-refractivity contribution in [3.05, 3.63) is 66.7 Å². The summed E-state index contributed by atoms with van der Waals surface area (Å²) in [7, 11) is 0. The second kappa shape index (κ2) is 6.42. The van der Waals surface area contributed by atoms with Crippen LogP contribution in [-0.4, -0.2) is 25.0 Å². The first-order valence-corrected chi connectivity index (χ1v) is 8.92. The Labute approximate surface area is 160 Å². The number of nitrogens with one attached hydrogen (secondary N) is 1. The second-order valence-electron chi connectivity index (χ2n) is 6.59. The number of hydrogen-bond donors (Lipinski definition) is 1. The lowest BCUT2D eigenvalue weighted by Crippen LogP contribution is -2.44. The number of carbonyl (C=O) groups is 2. The molecule has 4 aromatic rings. The predicted molar refractivity (Wildman–Crippen MR) is 107 cm³/mol. The van der Waals surface area contributed by atoms with E-state index in [4.69, 9.17) is 9.15 Å². The Balaban J connectivity index is 1.38. The number of hydrogen-bond acceptors (Lipinski definition) is 4. The number of amides is 2. The van der Waals surface area contributed by atoms with Gasteiger partial charge in [-0.05, 0) is 36.4 Å². The van der Waals surface area contributed by atoms with Crippen LogP contribution in [0.3, 0.4) is 0 Å². The minimum Gasteiger partial charge on any atom is -0.484 e. The molecule has 1 aliphatic rings. The highest BCUT2D eigenvalue weighted by Crippen LogP contribution is 2.32. The van der Waals surface area contributed by atoms with Gasteiger partial charge in [0.1, 0.15) is 23.5 Å². The number of nitrogens with zero attached hydrogens (tertiary/aromatic N) is 1. The van der Waals surface area contributed by atoms with Gasteiger partial charge in [-0.3, -0.25) is 14.5 Å². The van der Waals surface area contributed by atoms with Gasteiger partial charge in [-0.1, -0.05) is 30.3 Å². The van der Waals surface area contributed by atoms with Crippen LogP contribution in [0.1, 0.15) is 0 Å². The quantitative estimate of drug-likeness (QED) is 0.591. The molecule has 138 valence electrons. The molecule has 0 unspecified atom stereocenters. The Bertz CT molecular complexity index is 1230. The number of anilines is 2. The summed E-state index contributed by atoms with van der Waals surface area (Å²) in [5.74, 6) is 0.0694. The summed E-state index contributed by atoms with van der Waals surface area (Å²) in [5.41, 5.74) is 2.87. The fraction of sp³-hybridized carbons (Fsp3) is 0.0909. The first-order chi connectivity index (χ1) is 13.7. The lowest BCUT2D eigenvalue weighted by molar-refractivity contribution is -0.123. The molecule has 0 aliphatic carbocycles. The van der Waals surface area contributed by atoms with E-state index in [1.165, 1.54) is 4.90 Å². The summed E-state index contributed by atoms with van der Waals surface area (Å²) in [6, 6.07) is 20.5. The third-order valence-electron chi connectivity index (χ3n) is 4.78. The Kier molecular flexibility index (Phi) is 3.76. The minimum absolute atomic E-state index is 0.0232. The summed E-state index contributed by atoms with van der Waals surface area (Å²) >= 11 is 0. The van der Waals surface area contributed by atoms with Gasteiger partial charge in [0.15, 0.2) is 6.61 Å². The van der Waals surface area contributed by atoms with Gasteiger partial charge >= 0.3 is 0 Å². The highest BCUT2D eigenvalue weighted by atomic mass is 16.5.